The molecule has 4 aromatic heterocycles. The summed E-state index contributed by atoms with van der Waals surface area (Å²) in [6.45, 7) is 5.53. The zero-order chi connectivity index (χ0) is 17.7. The summed E-state index contributed by atoms with van der Waals surface area (Å²) >= 11 is 1.59. The van der Waals surface area contributed by atoms with E-state index in [4.69, 9.17) is 4.74 Å². The van der Waals surface area contributed by atoms with Crippen LogP contribution in [0.4, 0.5) is 5.82 Å². The van der Waals surface area contributed by atoms with E-state index >= 15 is 0 Å². The Hall–Kier alpha value is -2.36. The smallest absolute Gasteiger partial charge is 0.232 e. The summed E-state index contributed by atoms with van der Waals surface area (Å²) in [6, 6.07) is 0. The van der Waals surface area contributed by atoms with Crippen LogP contribution in [0.2, 0.25) is 0 Å². The van der Waals surface area contributed by atoms with Crippen LogP contribution in [0.15, 0.2) is 24.9 Å². The van der Waals surface area contributed by atoms with Crippen LogP contribution in [0.3, 0.4) is 0 Å². The van der Waals surface area contributed by atoms with Gasteiger partial charge in [-0.25, -0.2) is 15.0 Å². The lowest BCUT2D eigenvalue weighted by Gasteiger charge is -2.39. The van der Waals surface area contributed by atoms with Gasteiger partial charge in [-0.3, -0.25) is 4.98 Å². The molecule has 28 heavy (non-hydrogen) atoms. The topological polar surface area (TPSA) is 89.8 Å². The zero-order valence-corrected chi connectivity index (χ0v) is 17.5. The van der Waals surface area contributed by atoms with Gasteiger partial charge in [0.25, 0.3) is 0 Å². The standard InChI is InChI=1S/C17H15N7OS.2ClH/c1-9-10(2)22-23-17-13(9)14-15(26-17)16(21-8-20-14)24-6-11(7-24)25-12-5-18-3-4-19-12;;/h3-5,8,11H,6-7H2,1-2H3;2*1H. The molecule has 0 radical (unpaired) electrons. The third-order valence-corrected chi connectivity index (χ3v) is 5.68. The first-order chi connectivity index (χ1) is 12.7. The van der Waals surface area contributed by atoms with Crippen LogP contribution >= 0.6 is 36.2 Å². The summed E-state index contributed by atoms with van der Waals surface area (Å²) in [4.78, 5) is 20.3. The predicted octanol–water partition coefficient (Wildman–Crippen LogP) is 3.15. The summed E-state index contributed by atoms with van der Waals surface area (Å²) < 4.78 is 6.88. The lowest BCUT2D eigenvalue weighted by molar-refractivity contribution is 0.159. The Morgan fingerprint density at radius 1 is 1.07 bits per heavy atom. The van der Waals surface area contributed by atoms with E-state index in [0.717, 1.165) is 50.6 Å². The lowest BCUT2D eigenvalue weighted by atomic mass is 10.1. The van der Waals surface area contributed by atoms with Gasteiger partial charge in [0.15, 0.2) is 0 Å². The fourth-order valence-electron chi connectivity index (χ4n) is 3.10. The number of anilines is 1. The molecule has 1 aliphatic heterocycles. The van der Waals surface area contributed by atoms with Crippen molar-refractivity contribution in [1.82, 2.24) is 30.1 Å². The minimum absolute atomic E-state index is 0. The molecule has 0 atom stereocenters. The molecule has 0 amide bonds. The normalized spacial score (nSPS) is 13.7. The maximum absolute atomic E-state index is 5.83. The first-order valence-corrected chi connectivity index (χ1v) is 9.07. The Morgan fingerprint density at radius 2 is 1.89 bits per heavy atom. The van der Waals surface area contributed by atoms with Crippen molar-refractivity contribution in [3.63, 3.8) is 0 Å². The molecular weight excluding hydrogens is 421 g/mol. The Bertz CT molecular complexity index is 1120. The molecule has 1 aliphatic rings. The third kappa shape index (κ3) is 3.30. The molecule has 5 heterocycles. The van der Waals surface area contributed by atoms with E-state index in [1.807, 2.05) is 6.92 Å². The molecule has 11 heteroatoms. The number of halogens is 2. The minimum atomic E-state index is 0. The first-order valence-electron chi connectivity index (χ1n) is 8.25. The largest absolute Gasteiger partial charge is 0.469 e. The molecule has 0 aliphatic carbocycles. The van der Waals surface area contributed by atoms with E-state index < -0.39 is 0 Å². The number of hydrogen-bond donors (Lipinski definition) is 0. The van der Waals surface area contributed by atoms with Crippen molar-refractivity contribution in [2.45, 2.75) is 20.0 Å². The molecule has 4 aromatic rings. The molecule has 8 nitrogen and oxygen atoms in total. The van der Waals surface area contributed by atoms with Crippen LogP contribution in [0, 0.1) is 13.8 Å². The van der Waals surface area contributed by atoms with Gasteiger partial charge < -0.3 is 9.64 Å². The molecule has 1 fully saturated rings. The molecule has 1 saturated heterocycles. The van der Waals surface area contributed by atoms with E-state index in [1.165, 1.54) is 0 Å². The second kappa shape index (κ2) is 7.94. The van der Waals surface area contributed by atoms with E-state index in [0.29, 0.717) is 5.88 Å². The van der Waals surface area contributed by atoms with Crippen molar-refractivity contribution in [2.24, 2.45) is 0 Å². The molecule has 0 aromatic carbocycles. The monoisotopic (exact) mass is 437 g/mol. The maximum Gasteiger partial charge on any atom is 0.232 e. The molecule has 0 unspecified atom stereocenters. The number of fused-ring (bicyclic) bond motifs is 3. The fraction of sp³-hybridized carbons (Fsp3) is 0.294. The van der Waals surface area contributed by atoms with Crippen molar-refractivity contribution < 1.29 is 4.74 Å². The van der Waals surface area contributed by atoms with Gasteiger partial charge in [-0.05, 0) is 19.4 Å². The number of thiophene rings is 1. The summed E-state index contributed by atoms with van der Waals surface area (Å²) in [5.41, 5.74) is 3.00. The minimum Gasteiger partial charge on any atom is -0.469 e. The van der Waals surface area contributed by atoms with Crippen molar-refractivity contribution in [3.8, 4) is 5.88 Å². The number of aryl methyl sites for hydroxylation is 2. The number of nitrogens with zero attached hydrogens (tertiary/aromatic N) is 7. The van der Waals surface area contributed by atoms with E-state index in [1.54, 1.807) is 36.3 Å². The summed E-state index contributed by atoms with van der Waals surface area (Å²) in [7, 11) is 0. The number of hydrogen-bond acceptors (Lipinski definition) is 9. The van der Waals surface area contributed by atoms with Gasteiger partial charge in [0.1, 0.15) is 23.1 Å². The highest BCUT2D eigenvalue weighted by molar-refractivity contribution is 7.26. The van der Waals surface area contributed by atoms with Gasteiger partial charge in [0.2, 0.25) is 5.88 Å². The van der Waals surface area contributed by atoms with E-state index in [2.05, 4.69) is 42.0 Å². The Labute approximate surface area is 177 Å². The maximum atomic E-state index is 5.83. The predicted molar refractivity (Wildman–Crippen MR) is 113 cm³/mol. The van der Waals surface area contributed by atoms with E-state index in [9.17, 15) is 0 Å². The fourth-order valence-corrected chi connectivity index (χ4v) is 4.25. The highest BCUT2D eigenvalue weighted by Gasteiger charge is 2.32. The van der Waals surface area contributed by atoms with Gasteiger partial charge in [-0.2, -0.15) is 5.10 Å². The first kappa shape index (κ1) is 20.4. The summed E-state index contributed by atoms with van der Waals surface area (Å²) in [5, 5.41) is 9.65. The zero-order valence-electron chi connectivity index (χ0n) is 15.1. The van der Waals surface area contributed by atoms with E-state index in [-0.39, 0.29) is 30.9 Å². The van der Waals surface area contributed by atoms with Crippen LogP contribution in [-0.2, 0) is 0 Å². The SMILES string of the molecule is Cc1nnc2sc3c(N4CC(Oc5cnccn5)C4)ncnc3c2c1C.Cl.Cl. The third-order valence-electron chi connectivity index (χ3n) is 4.62. The van der Waals surface area contributed by atoms with Gasteiger partial charge in [-0.15, -0.1) is 41.2 Å². The number of rotatable bonds is 3. The van der Waals surface area contributed by atoms with Gasteiger partial charge >= 0.3 is 0 Å². The molecule has 0 bridgehead atoms. The quantitative estimate of drug-likeness (QED) is 0.482. The van der Waals surface area contributed by atoms with Crippen molar-refractivity contribution in [2.75, 3.05) is 18.0 Å². The second-order valence-corrected chi connectivity index (χ2v) is 7.26. The Morgan fingerprint density at radius 3 is 2.64 bits per heavy atom. The number of aromatic nitrogens is 6. The Kier molecular flexibility index (Phi) is 5.78. The second-order valence-electron chi connectivity index (χ2n) is 6.26. The summed E-state index contributed by atoms with van der Waals surface area (Å²) in [6.07, 6.45) is 6.58. The average molecular weight is 438 g/mol. The molecule has 5 rings (SSSR count). The van der Waals surface area contributed by atoms with Crippen LogP contribution in [0.1, 0.15) is 11.3 Å². The van der Waals surface area contributed by atoms with Crippen LogP contribution in [0.25, 0.3) is 20.4 Å². The molecule has 146 valence electrons. The van der Waals surface area contributed by atoms with Gasteiger partial charge in [0.05, 0.1) is 35.2 Å². The molecular formula is C17H17Cl2N7OS. The highest BCUT2D eigenvalue weighted by atomic mass is 35.5. The molecule has 0 spiro atoms. The van der Waals surface area contributed by atoms with Crippen LogP contribution in [0.5, 0.6) is 5.88 Å². The lowest BCUT2D eigenvalue weighted by Crippen LogP contribution is -2.54. The van der Waals surface area contributed by atoms with Crippen LogP contribution in [-0.4, -0.2) is 49.3 Å². The highest BCUT2D eigenvalue weighted by Crippen LogP contribution is 2.39. The average Bonchev–Trinajstić information content (AvgIpc) is 3.01. The van der Waals surface area contributed by atoms with Crippen molar-refractivity contribution in [3.05, 3.63) is 36.2 Å². The van der Waals surface area contributed by atoms with Gasteiger partial charge in [-0.1, -0.05) is 0 Å². The van der Waals surface area contributed by atoms with Crippen molar-refractivity contribution >= 4 is 62.4 Å². The van der Waals surface area contributed by atoms with Gasteiger partial charge in [0, 0.05) is 17.8 Å². The molecule has 0 N–H and O–H groups in total. The summed E-state index contributed by atoms with van der Waals surface area (Å²) in [5.74, 6) is 1.47. The number of ether oxygens (including phenoxy) is 1. The molecule has 0 saturated carbocycles. The van der Waals surface area contributed by atoms with Crippen LogP contribution < -0.4 is 9.64 Å². The van der Waals surface area contributed by atoms with Crippen molar-refractivity contribution in [1.29, 1.82) is 0 Å². The Balaban J connectivity index is 0.00000112.